The second kappa shape index (κ2) is 5.76. The molecule has 0 aliphatic carbocycles. The number of sulfonamides is 1. The Balaban J connectivity index is 1.98. The molecule has 0 spiro atoms. The summed E-state index contributed by atoms with van der Waals surface area (Å²) in [5, 5.41) is 10.9. The van der Waals surface area contributed by atoms with E-state index in [1.54, 1.807) is 24.3 Å². The Morgan fingerprint density at radius 2 is 1.68 bits per heavy atom. The Morgan fingerprint density at radius 1 is 1.05 bits per heavy atom. The van der Waals surface area contributed by atoms with Crippen molar-refractivity contribution in [2.45, 2.75) is 12.5 Å². The van der Waals surface area contributed by atoms with Crippen molar-refractivity contribution in [3.63, 3.8) is 0 Å². The van der Waals surface area contributed by atoms with E-state index in [-0.39, 0.29) is 10.7 Å². The topological polar surface area (TPSA) is 66.4 Å². The lowest BCUT2D eigenvalue weighted by Crippen LogP contribution is -2.30. The molecule has 1 aliphatic rings. The highest BCUT2D eigenvalue weighted by molar-refractivity contribution is 7.99. The molecule has 0 saturated heterocycles. The molecule has 0 radical (unpaired) electrons. The summed E-state index contributed by atoms with van der Waals surface area (Å²) in [7, 11) is -3.73. The van der Waals surface area contributed by atoms with Gasteiger partial charge in [-0.1, -0.05) is 54.1 Å². The summed E-state index contributed by atoms with van der Waals surface area (Å²) in [5.41, 5.74) is 1.36. The Labute approximate surface area is 134 Å². The summed E-state index contributed by atoms with van der Waals surface area (Å²) in [4.78, 5) is -0.0786. The van der Waals surface area contributed by atoms with Crippen LogP contribution in [0.5, 0.6) is 0 Å². The Morgan fingerprint density at radius 3 is 2.32 bits per heavy atom. The van der Waals surface area contributed by atoms with Gasteiger partial charge in [-0.15, -0.1) is 0 Å². The molecule has 0 bridgehead atoms. The zero-order valence-corrected chi connectivity index (χ0v) is 13.1. The number of benzene rings is 2. The van der Waals surface area contributed by atoms with Crippen LogP contribution in [-0.4, -0.2) is 19.6 Å². The molecule has 1 heterocycles. The van der Waals surface area contributed by atoms with Gasteiger partial charge in [0.25, 0.3) is 0 Å². The summed E-state index contributed by atoms with van der Waals surface area (Å²) in [6.45, 7) is 0. The minimum absolute atomic E-state index is 0.0786. The second-order valence-electron chi connectivity index (χ2n) is 5.08. The summed E-state index contributed by atoms with van der Waals surface area (Å²) >= 11 is 5.82. The van der Waals surface area contributed by atoms with Gasteiger partial charge in [0.1, 0.15) is 10.7 Å². The van der Waals surface area contributed by atoms with Gasteiger partial charge in [-0.3, -0.25) is 0 Å². The van der Waals surface area contributed by atoms with Crippen LogP contribution < -0.4 is 4.72 Å². The minimum atomic E-state index is -3.73. The molecule has 4 nitrogen and oxygen atoms in total. The van der Waals surface area contributed by atoms with Crippen LogP contribution >= 0.6 is 11.6 Å². The lowest BCUT2D eigenvalue weighted by Gasteiger charge is -2.09. The molecule has 0 fully saturated rings. The molecule has 2 aromatic rings. The monoisotopic (exact) mass is 335 g/mol. The Bertz CT molecular complexity index is 814. The molecule has 3 rings (SSSR count). The van der Waals surface area contributed by atoms with E-state index < -0.39 is 16.1 Å². The van der Waals surface area contributed by atoms with Gasteiger partial charge in [0.2, 0.25) is 10.0 Å². The maximum Gasteiger partial charge on any atom is 0.245 e. The first-order valence-electron chi connectivity index (χ1n) is 6.73. The molecule has 0 amide bonds. The Hall–Kier alpha value is -1.82. The van der Waals surface area contributed by atoms with Gasteiger partial charge in [0.15, 0.2) is 0 Å². The van der Waals surface area contributed by atoms with Gasteiger partial charge in [-0.2, -0.15) is 4.72 Å². The van der Waals surface area contributed by atoms with Crippen molar-refractivity contribution in [3.05, 3.63) is 76.5 Å². The third kappa shape index (κ3) is 2.88. The normalized spacial score (nSPS) is 20.3. The fourth-order valence-corrected chi connectivity index (χ4v) is 4.17. The molecule has 1 atom stereocenters. The molecule has 2 aromatic carbocycles. The van der Waals surface area contributed by atoms with Crippen LogP contribution in [0, 0.1) is 0 Å². The number of hydrogen-bond acceptors (Lipinski definition) is 3. The van der Waals surface area contributed by atoms with Gasteiger partial charge in [-0.05, 0) is 29.7 Å². The fourth-order valence-electron chi connectivity index (χ4n) is 2.49. The lowest BCUT2D eigenvalue weighted by molar-refractivity contribution is 0.366. The first-order valence-corrected chi connectivity index (χ1v) is 8.59. The van der Waals surface area contributed by atoms with Crippen LogP contribution in [0.25, 0.3) is 4.91 Å². The predicted molar refractivity (Wildman–Crippen MR) is 87.0 cm³/mol. The first-order chi connectivity index (χ1) is 10.5. The molecule has 1 unspecified atom stereocenters. The number of hydrogen-bond donors (Lipinski definition) is 2. The second-order valence-corrected chi connectivity index (χ2v) is 7.17. The van der Waals surface area contributed by atoms with Gasteiger partial charge < -0.3 is 5.11 Å². The number of rotatable bonds is 3. The average molecular weight is 336 g/mol. The number of halogens is 1. The van der Waals surface area contributed by atoms with Crippen molar-refractivity contribution in [1.82, 2.24) is 4.72 Å². The van der Waals surface area contributed by atoms with Crippen LogP contribution in [0.1, 0.15) is 11.1 Å². The SMILES string of the molecule is O=S1(=O)NC(Cc2ccccc2)C(O)=C1c1ccc(Cl)cc1. The van der Waals surface area contributed by atoms with E-state index in [4.69, 9.17) is 11.6 Å². The molecular weight excluding hydrogens is 322 g/mol. The molecule has 0 saturated carbocycles. The highest BCUT2D eigenvalue weighted by Gasteiger charge is 2.37. The standard InChI is InChI=1S/C16H14ClNO3S/c17-13-8-6-12(7-9-13)16-15(19)14(18-22(16,20)21)10-11-4-2-1-3-5-11/h1-9,14,18-19H,10H2. The van der Waals surface area contributed by atoms with Crippen molar-refractivity contribution < 1.29 is 13.5 Å². The average Bonchev–Trinajstić information content (AvgIpc) is 2.71. The molecule has 0 aromatic heterocycles. The van der Waals surface area contributed by atoms with Gasteiger partial charge in [0, 0.05) is 5.02 Å². The maximum absolute atomic E-state index is 12.3. The van der Waals surface area contributed by atoms with E-state index in [1.165, 1.54) is 0 Å². The quantitative estimate of drug-likeness (QED) is 0.905. The number of nitrogens with one attached hydrogen (secondary N) is 1. The predicted octanol–water partition coefficient (Wildman–Crippen LogP) is 3.11. The summed E-state index contributed by atoms with van der Waals surface area (Å²) < 4.78 is 27.1. The zero-order chi connectivity index (χ0) is 15.7. The first kappa shape index (κ1) is 15.1. The van der Waals surface area contributed by atoms with E-state index in [2.05, 4.69) is 4.72 Å². The molecule has 2 N–H and O–H groups in total. The third-order valence-corrected chi connectivity index (χ3v) is 5.35. The largest absolute Gasteiger partial charge is 0.509 e. The third-order valence-electron chi connectivity index (χ3n) is 3.52. The number of aliphatic hydroxyl groups excluding tert-OH is 1. The fraction of sp³-hybridized carbons (Fsp3) is 0.125. The zero-order valence-electron chi connectivity index (χ0n) is 11.5. The van der Waals surface area contributed by atoms with Gasteiger partial charge in [-0.25, -0.2) is 8.42 Å². The summed E-state index contributed by atoms with van der Waals surface area (Å²) in [6, 6.07) is 15.1. The van der Waals surface area contributed by atoms with E-state index in [0.29, 0.717) is 17.0 Å². The molecule has 22 heavy (non-hydrogen) atoms. The van der Waals surface area contributed by atoms with E-state index in [9.17, 15) is 13.5 Å². The molecule has 1 aliphatic heterocycles. The van der Waals surface area contributed by atoms with E-state index in [1.807, 2.05) is 30.3 Å². The van der Waals surface area contributed by atoms with Crippen molar-refractivity contribution in [2.75, 3.05) is 0 Å². The Kier molecular flexibility index (Phi) is 3.95. The van der Waals surface area contributed by atoms with Crippen LogP contribution in [0.3, 0.4) is 0 Å². The van der Waals surface area contributed by atoms with Gasteiger partial charge in [0.05, 0.1) is 6.04 Å². The van der Waals surface area contributed by atoms with E-state index >= 15 is 0 Å². The van der Waals surface area contributed by atoms with Crippen molar-refractivity contribution in [3.8, 4) is 0 Å². The molecule has 114 valence electrons. The highest BCUT2D eigenvalue weighted by Crippen LogP contribution is 2.32. The highest BCUT2D eigenvalue weighted by atomic mass is 35.5. The molecule has 6 heteroatoms. The lowest BCUT2D eigenvalue weighted by atomic mass is 10.0. The summed E-state index contributed by atoms with van der Waals surface area (Å²) in [5.74, 6) is -0.161. The van der Waals surface area contributed by atoms with Gasteiger partial charge >= 0.3 is 0 Å². The van der Waals surface area contributed by atoms with E-state index in [0.717, 1.165) is 5.56 Å². The molecular formula is C16H14ClNO3S. The van der Waals surface area contributed by atoms with Crippen molar-refractivity contribution in [1.29, 1.82) is 0 Å². The van der Waals surface area contributed by atoms with Crippen LogP contribution in [0.4, 0.5) is 0 Å². The maximum atomic E-state index is 12.3. The summed E-state index contributed by atoms with van der Waals surface area (Å²) in [6.07, 6.45) is 0.392. The van der Waals surface area contributed by atoms with Crippen LogP contribution in [-0.2, 0) is 16.4 Å². The van der Waals surface area contributed by atoms with Crippen LogP contribution in [0.2, 0.25) is 5.02 Å². The number of aliphatic hydroxyl groups is 1. The van der Waals surface area contributed by atoms with Crippen molar-refractivity contribution in [2.24, 2.45) is 0 Å². The van der Waals surface area contributed by atoms with Crippen molar-refractivity contribution >= 4 is 26.5 Å². The smallest absolute Gasteiger partial charge is 0.245 e. The van der Waals surface area contributed by atoms with Crippen LogP contribution in [0.15, 0.2) is 60.4 Å². The minimum Gasteiger partial charge on any atom is -0.509 e.